The summed E-state index contributed by atoms with van der Waals surface area (Å²) < 4.78 is 1.23. The molecule has 3 rings (SSSR count). The maximum Gasteiger partial charge on any atom is 0.124 e. The average molecular weight is 283 g/mol. The van der Waals surface area contributed by atoms with Gasteiger partial charge in [0.05, 0.1) is 0 Å². The lowest BCUT2D eigenvalue weighted by atomic mass is 10.4. The molecule has 0 amide bonds. The molecule has 19 heavy (non-hydrogen) atoms. The van der Waals surface area contributed by atoms with Crippen LogP contribution in [0.1, 0.15) is 4.88 Å². The number of rotatable bonds is 3. The van der Waals surface area contributed by atoms with Crippen molar-refractivity contribution >= 4 is 34.6 Å². The van der Waals surface area contributed by atoms with Gasteiger partial charge in [-0.2, -0.15) is 0 Å². The standard InChI is InChI=1S/C16H14NPS/c1-13-12-17-16(19-13)18(14-8-4-2-5-9-14)15-10-6-3-7-11-15/h2-12H,1H3. The van der Waals surface area contributed by atoms with E-state index in [1.165, 1.54) is 20.2 Å². The molecule has 0 N–H and O–H groups in total. The molecular weight excluding hydrogens is 269 g/mol. The van der Waals surface area contributed by atoms with Crippen LogP contribution in [0.2, 0.25) is 0 Å². The highest BCUT2D eigenvalue weighted by molar-refractivity contribution is 7.83. The molecule has 0 aliphatic heterocycles. The van der Waals surface area contributed by atoms with Crippen LogP contribution < -0.4 is 15.4 Å². The van der Waals surface area contributed by atoms with Crippen LogP contribution >= 0.6 is 19.3 Å². The van der Waals surface area contributed by atoms with E-state index >= 15 is 0 Å². The molecule has 3 aromatic rings. The zero-order chi connectivity index (χ0) is 13.1. The van der Waals surface area contributed by atoms with Gasteiger partial charge in [0.25, 0.3) is 0 Å². The summed E-state index contributed by atoms with van der Waals surface area (Å²) in [5, 5.41) is 2.72. The number of aryl methyl sites for hydroxylation is 1. The molecular formula is C16H14NPS. The fourth-order valence-electron chi connectivity index (χ4n) is 1.97. The Hall–Kier alpha value is -1.50. The van der Waals surface area contributed by atoms with Gasteiger partial charge in [-0.1, -0.05) is 60.7 Å². The van der Waals surface area contributed by atoms with Crippen LogP contribution in [0.4, 0.5) is 0 Å². The highest BCUT2D eigenvalue weighted by atomic mass is 32.1. The van der Waals surface area contributed by atoms with E-state index in [2.05, 4.69) is 72.6 Å². The van der Waals surface area contributed by atoms with Gasteiger partial charge < -0.3 is 0 Å². The van der Waals surface area contributed by atoms with Crippen LogP contribution in [0.3, 0.4) is 0 Å². The molecule has 1 heterocycles. The monoisotopic (exact) mass is 283 g/mol. The summed E-state index contributed by atoms with van der Waals surface area (Å²) in [6, 6.07) is 21.4. The van der Waals surface area contributed by atoms with Crippen molar-refractivity contribution in [2.45, 2.75) is 6.92 Å². The van der Waals surface area contributed by atoms with Crippen LogP contribution in [-0.2, 0) is 0 Å². The Kier molecular flexibility index (Phi) is 3.72. The third kappa shape index (κ3) is 2.75. The Morgan fingerprint density at radius 3 is 1.79 bits per heavy atom. The van der Waals surface area contributed by atoms with E-state index in [0.717, 1.165) is 0 Å². The van der Waals surface area contributed by atoms with Crippen LogP contribution in [0, 0.1) is 6.92 Å². The lowest BCUT2D eigenvalue weighted by molar-refractivity contribution is 1.42. The van der Waals surface area contributed by atoms with Crippen molar-refractivity contribution in [2.75, 3.05) is 0 Å². The maximum atomic E-state index is 4.62. The Balaban J connectivity index is 2.11. The van der Waals surface area contributed by atoms with Gasteiger partial charge in [0.15, 0.2) is 0 Å². The number of nitrogens with zero attached hydrogens (tertiary/aromatic N) is 1. The summed E-state index contributed by atoms with van der Waals surface area (Å²) >= 11 is 1.80. The third-order valence-electron chi connectivity index (χ3n) is 2.83. The summed E-state index contributed by atoms with van der Waals surface area (Å²) in [6.07, 6.45) is 1.97. The van der Waals surface area contributed by atoms with Crippen molar-refractivity contribution in [1.29, 1.82) is 0 Å². The van der Waals surface area contributed by atoms with E-state index in [9.17, 15) is 0 Å². The Morgan fingerprint density at radius 1 is 0.842 bits per heavy atom. The predicted molar refractivity (Wildman–Crippen MR) is 85.6 cm³/mol. The molecule has 0 saturated carbocycles. The second-order valence-corrected chi connectivity index (χ2v) is 7.92. The first-order valence-corrected chi connectivity index (χ1v) is 8.33. The molecule has 1 aromatic heterocycles. The van der Waals surface area contributed by atoms with E-state index in [0.29, 0.717) is 0 Å². The van der Waals surface area contributed by atoms with Gasteiger partial charge in [-0.15, -0.1) is 11.3 Å². The van der Waals surface area contributed by atoms with Crippen molar-refractivity contribution in [1.82, 2.24) is 4.98 Å². The molecule has 0 unspecified atom stereocenters. The zero-order valence-electron chi connectivity index (χ0n) is 10.7. The minimum Gasteiger partial charge on any atom is -0.244 e. The van der Waals surface area contributed by atoms with Gasteiger partial charge in [-0.05, 0) is 17.5 Å². The molecule has 3 heteroatoms. The van der Waals surface area contributed by atoms with Crippen molar-refractivity contribution in [3.05, 3.63) is 71.7 Å². The summed E-state index contributed by atoms with van der Waals surface area (Å²) in [5.41, 5.74) is 0. The largest absolute Gasteiger partial charge is 0.244 e. The quantitative estimate of drug-likeness (QED) is 0.673. The van der Waals surface area contributed by atoms with E-state index in [4.69, 9.17) is 0 Å². The van der Waals surface area contributed by atoms with Crippen LogP contribution in [0.5, 0.6) is 0 Å². The fourth-order valence-corrected chi connectivity index (χ4v) is 5.75. The molecule has 0 aliphatic carbocycles. The molecule has 0 radical (unpaired) electrons. The van der Waals surface area contributed by atoms with E-state index in [-0.39, 0.29) is 0 Å². The maximum absolute atomic E-state index is 4.62. The highest BCUT2D eigenvalue weighted by Gasteiger charge is 2.18. The molecule has 0 atom stereocenters. The predicted octanol–water partition coefficient (Wildman–Crippen LogP) is 3.21. The van der Waals surface area contributed by atoms with E-state index < -0.39 is 7.92 Å². The molecule has 2 aromatic carbocycles. The summed E-state index contributed by atoms with van der Waals surface area (Å²) in [6.45, 7) is 2.12. The van der Waals surface area contributed by atoms with Crippen LogP contribution in [0.15, 0.2) is 66.9 Å². The minimum atomic E-state index is -0.518. The molecule has 94 valence electrons. The number of thiazole rings is 1. The second-order valence-electron chi connectivity index (χ2n) is 4.26. The zero-order valence-corrected chi connectivity index (χ0v) is 12.4. The molecule has 0 spiro atoms. The molecule has 0 bridgehead atoms. The van der Waals surface area contributed by atoms with Crippen molar-refractivity contribution < 1.29 is 0 Å². The van der Waals surface area contributed by atoms with Crippen molar-refractivity contribution in [3.63, 3.8) is 0 Å². The van der Waals surface area contributed by atoms with E-state index in [1.807, 2.05) is 6.20 Å². The molecule has 0 aliphatic rings. The second kappa shape index (κ2) is 5.64. The lowest BCUT2D eigenvalue weighted by Gasteiger charge is -2.15. The summed E-state index contributed by atoms with van der Waals surface area (Å²) in [4.78, 5) is 5.89. The fraction of sp³-hybridized carbons (Fsp3) is 0.0625. The topological polar surface area (TPSA) is 12.9 Å². The van der Waals surface area contributed by atoms with Crippen molar-refractivity contribution in [3.8, 4) is 0 Å². The normalized spacial score (nSPS) is 10.8. The minimum absolute atomic E-state index is 0.518. The Bertz CT molecular complexity index is 609. The van der Waals surface area contributed by atoms with E-state index in [1.54, 1.807) is 11.3 Å². The number of benzene rings is 2. The lowest BCUT2D eigenvalue weighted by Crippen LogP contribution is -2.19. The SMILES string of the molecule is Cc1cnc(P(c2ccccc2)c2ccccc2)s1. The Morgan fingerprint density at radius 2 is 1.37 bits per heavy atom. The van der Waals surface area contributed by atoms with Gasteiger partial charge in [-0.25, -0.2) is 4.98 Å². The number of hydrogen-bond donors (Lipinski definition) is 0. The first kappa shape index (κ1) is 12.5. The first-order chi connectivity index (χ1) is 9.34. The molecule has 1 nitrogen and oxygen atoms in total. The molecule has 0 fully saturated rings. The van der Waals surface area contributed by atoms with Gasteiger partial charge in [0.2, 0.25) is 0 Å². The number of hydrogen-bond acceptors (Lipinski definition) is 2. The van der Waals surface area contributed by atoms with Crippen LogP contribution in [0.25, 0.3) is 0 Å². The highest BCUT2D eigenvalue weighted by Crippen LogP contribution is 2.33. The summed E-state index contributed by atoms with van der Waals surface area (Å²) in [7, 11) is -0.518. The van der Waals surface area contributed by atoms with Gasteiger partial charge in [0, 0.05) is 19.0 Å². The average Bonchev–Trinajstić information content (AvgIpc) is 2.88. The Labute approximate surface area is 118 Å². The van der Waals surface area contributed by atoms with Gasteiger partial charge >= 0.3 is 0 Å². The van der Waals surface area contributed by atoms with Crippen LogP contribution in [-0.4, -0.2) is 4.98 Å². The first-order valence-electron chi connectivity index (χ1n) is 6.17. The molecule has 0 saturated heterocycles. The third-order valence-corrected chi connectivity index (χ3v) is 6.49. The summed E-state index contributed by atoms with van der Waals surface area (Å²) in [5.74, 6) is 0. The smallest absolute Gasteiger partial charge is 0.124 e. The van der Waals surface area contributed by atoms with Crippen molar-refractivity contribution in [2.24, 2.45) is 0 Å². The number of aromatic nitrogens is 1. The van der Waals surface area contributed by atoms with Gasteiger partial charge in [0.1, 0.15) is 4.75 Å². The van der Waals surface area contributed by atoms with Gasteiger partial charge in [-0.3, -0.25) is 0 Å².